The van der Waals surface area contributed by atoms with Crippen molar-refractivity contribution in [3.63, 3.8) is 0 Å². The van der Waals surface area contributed by atoms with Crippen molar-refractivity contribution in [1.29, 1.82) is 0 Å². The fraction of sp³-hybridized carbons (Fsp3) is 0. The standard InChI is InChI=1S/C7H5NO4S2.Na.H/c9-14(10,11)4-1-2-5-6(3-4)12-7(13)8-5;;/h1-3H,(H,8,13)(H,9,10,11);;/q;+1;-1. The molecule has 2 aromatic rings. The van der Waals surface area contributed by atoms with Crippen molar-refractivity contribution >= 4 is 33.4 Å². The molecule has 76 valence electrons. The third-order valence-electron chi connectivity index (χ3n) is 1.69. The summed E-state index contributed by atoms with van der Waals surface area (Å²) in [6.07, 6.45) is 0. The summed E-state index contributed by atoms with van der Waals surface area (Å²) in [5.74, 6) is 0. The molecule has 0 saturated heterocycles. The molecule has 2 rings (SSSR count). The Kier molecular flexibility index (Phi) is 3.75. The Morgan fingerprint density at radius 2 is 2.13 bits per heavy atom. The second kappa shape index (κ2) is 4.36. The Hall–Kier alpha value is -0.180. The molecular formula is C7H6NNaO4S2. The Balaban J connectivity index is 0.00000112. The van der Waals surface area contributed by atoms with Gasteiger partial charge >= 0.3 is 29.6 Å². The molecule has 0 aliphatic rings. The topological polar surface area (TPSA) is 83.3 Å². The van der Waals surface area contributed by atoms with Crippen LogP contribution < -0.4 is 29.6 Å². The second-order valence-corrected chi connectivity index (χ2v) is 4.44. The van der Waals surface area contributed by atoms with Gasteiger partial charge in [-0.15, -0.1) is 0 Å². The van der Waals surface area contributed by atoms with E-state index in [0.29, 0.717) is 11.1 Å². The quantitative estimate of drug-likeness (QED) is 0.382. The van der Waals surface area contributed by atoms with Crippen LogP contribution in [0.3, 0.4) is 0 Å². The molecule has 1 heterocycles. The molecule has 0 fully saturated rings. The first kappa shape index (κ1) is 12.9. The van der Waals surface area contributed by atoms with Crippen molar-refractivity contribution in [3.8, 4) is 0 Å². The minimum Gasteiger partial charge on any atom is -1.00 e. The van der Waals surface area contributed by atoms with E-state index in [2.05, 4.69) is 4.98 Å². The van der Waals surface area contributed by atoms with Crippen LogP contribution in [-0.4, -0.2) is 18.0 Å². The van der Waals surface area contributed by atoms with Crippen molar-refractivity contribution < 1.29 is 48.4 Å². The van der Waals surface area contributed by atoms with Crippen LogP contribution in [0.15, 0.2) is 27.5 Å². The fourth-order valence-electron chi connectivity index (χ4n) is 1.09. The minimum absolute atomic E-state index is 0. The van der Waals surface area contributed by atoms with Gasteiger partial charge in [0.15, 0.2) is 5.58 Å². The van der Waals surface area contributed by atoms with Crippen LogP contribution in [0.2, 0.25) is 0 Å². The van der Waals surface area contributed by atoms with E-state index in [1.165, 1.54) is 18.2 Å². The zero-order valence-corrected chi connectivity index (χ0v) is 11.4. The summed E-state index contributed by atoms with van der Waals surface area (Å²) >= 11 is 4.72. The van der Waals surface area contributed by atoms with E-state index in [-0.39, 0.29) is 40.7 Å². The first-order valence-electron chi connectivity index (χ1n) is 3.57. The Bertz CT molecular complexity index is 648. The molecule has 1 aromatic carbocycles. The minimum atomic E-state index is -4.19. The monoisotopic (exact) mass is 255 g/mol. The number of aromatic amines is 1. The van der Waals surface area contributed by atoms with Crippen LogP contribution in [0.4, 0.5) is 0 Å². The van der Waals surface area contributed by atoms with Crippen molar-refractivity contribution in [3.05, 3.63) is 23.0 Å². The van der Waals surface area contributed by atoms with Gasteiger partial charge in [0.2, 0.25) is 0 Å². The summed E-state index contributed by atoms with van der Waals surface area (Å²) in [6.45, 7) is 0. The third-order valence-corrected chi connectivity index (χ3v) is 2.73. The first-order chi connectivity index (χ1) is 6.47. The van der Waals surface area contributed by atoms with E-state index in [9.17, 15) is 8.42 Å². The number of benzene rings is 1. The van der Waals surface area contributed by atoms with Crippen molar-refractivity contribution in [2.45, 2.75) is 4.90 Å². The molecule has 0 radical (unpaired) electrons. The smallest absolute Gasteiger partial charge is 1.00 e. The molecule has 5 nitrogen and oxygen atoms in total. The molecule has 15 heavy (non-hydrogen) atoms. The van der Waals surface area contributed by atoms with Crippen LogP contribution in [0.5, 0.6) is 0 Å². The van der Waals surface area contributed by atoms with Crippen molar-refractivity contribution in [2.75, 3.05) is 0 Å². The molecule has 0 atom stereocenters. The maximum Gasteiger partial charge on any atom is 1.00 e. The van der Waals surface area contributed by atoms with Gasteiger partial charge in [-0.2, -0.15) is 8.42 Å². The maximum absolute atomic E-state index is 10.8. The van der Waals surface area contributed by atoms with Crippen LogP contribution in [0.1, 0.15) is 1.43 Å². The molecule has 0 bridgehead atoms. The largest absolute Gasteiger partial charge is 1.00 e. The van der Waals surface area contributed by atoms with Gasteiger partial charge in [-0.05, 0) is 24.4 Å². The zero-order chi connectivity index (χ0) is 10.3. The number of nitrogens with one attached hydrogen (secondary N) is 1. The number of fused-ring (bicyclic) bond motifs is 1. The van der Waals surface area contributed by atoms with Gasteiger partial charge in [-0.25, -0.2) is 0 Å². The van der Waals surface area contributed by atoms with Gasteiger partial charge in [0, 0.05) is 6.07 Å². The number of aromatic nitrogens is 1. The van der Waals surface area contributed by atoms with Gasteiger partial charge in [0.25, 0.3) is 15.0 Å². The fourth-order valence-corrected chi connectivity index (χ4v) is 1.78. The predicted molar refractivity (Wildman–Crippen MR) is 52.3 cm³/mol. The molecule has 1 aromatic heterocycles. The molecule has 0 unspecified atom stereocenters. The maximum atomic E-state index is 10.8. The number of hydrogen-bond donors (Lipinski definition) is 2. The number of oxazole rings is 1. The van der Waals surface area contributed by atoms with E-state index >= 15 is 0 Å². The van der Waals surface area contributed by atoms with Gasteiger partial charge in [0.05, 0.1) is 10.4 Å². The van der Waals surface area contributed by atoms with Gasteiger partial charge < -0.3 is 10.8 Å². The summed E-state index contributed by atoms with van der Waals surface area (Å²) in [7, 11) is -4.19. The average Bonchev–Trinajstić information content (AvgIpc) is 2.41. The van der Waals surface area contributed by atoms with E-state index < -0.39 is 10.1 Å². The molecule has 0 amide bonds. The molecule has 8 heteroatoms. The predicted octanol–water partition coefficient (Wildman–Crippen LogP) is -1.15. The second-order valence-electron chi connectivity index (χ2n) is 2.65. The molecule has 0 spiro atoms. The van der Waals surface area contributed by atoms with Gasteiger partial charge in [-0.1, -0.05) is 0 Å². The molecule has 0 saturated carbocycles. The Labute approximate surface area is 114 Å². The van der Waals surface area contributed by atoms with Crippen LogP contribution >= 0.6 is 12.2 Å². The van der Waals surface area contributed by atoms with E-state index in [0.717, 1.165) is 0 Å². The summed E-state index contributed by atoms with van der Waals surface area (Å²) in [5.41, 5.74) is 0.882. The van der Waals surface area contributed by atoms with E-state index in [4.69, 9.17) is 21.2 Å². The molecule has 2 N–H and O–H groups in total. The van der Waals surface area contributed by atoms with E-state index in [1.54, 1.807) is 0 Å². The summed E-state index contributed by atoms with van der Waals surface area (Å²) in [6, 6.07) is 3.94. The number of H-pyrrole nitrogens is 1. The van der Waals surface area contributed by atoms with Crippen molar-refractivity contribution in [1.82, 2.24) is 4.98 Å². The van der Waals surface area contributed by atoms with Crippen LogP contribution in [-0.2, 0) is 10.1 Å². The number of hydrogen-bond acceptors (Lipinski definition) is 4. The average molecular weight is 255 g/mol. The molecule has 0 aliphatic carbocycles. The summed E-state index contributed by atoms with van der Waals surface area (Å²) in [4.78, 5) is 2.65. The SMILES string of the molecule is O=S(=O)(O)c1ccc2[nH]c(=S)oc2c1.[H-].[Na+]. The summed E-state index contributed by atoms with van der Waals surface area (Å²) < 4.78 is 35.3. The normalized spacial score (nSPS) is 11.3. The van der Waals surface area contributed by atoms with Gasteiger partial charge in [0.1, 0.15) is 0 Å². The summed E-state index contributed by atoms with van der Waals surface area (Å²) in [5, 5.41) is 0. The number of rotatable bonds is 1. The van der Waals surface area contributed by atoms with E-state index in [1.807, 2.05) is 0 Å². The first-order valence-corrected chi connectivity index (χ1v) is 5.42. The molecular weight excluding hydrogens is 249 g/mol. The molecule has 0 aliphatic heterocycles. The van der Waals surface area contributed by atoms with Crippen LogP contribution in [0.25, 0.3) is 11.1 Å². The van der Waals surface area contributed by atoms with Gasteiger partial charge in [-0.3, -0.25) is 4.55 Å². The third kappa shape index (κ3) is 2.68. The van der Waals surface area contributed by atoms with Crippen LogP contribution in [0, 0.1) is 4.84 Å². The zero-order valence-electron chi connectivity index (χ0n) is 8.72. The Morgan fingerprint density at radius 3 is 2.73 bits per heavy atom. The Morgan fingerprint density at radius 1 is 1.47 bits per heavy atom. The van der Waals surface area contributed by atoms with Crippen molar-refractivity contribution in [2.24, 2.45) is 0 Å².